The quantitative estimate of drug-likeness (QED) is 0.474. The van der Waals surface area contributed by atoms with Gasteiger partial charge in [0.05, 0.1) is 32.1 Å². The molecule has 1 N–H and O–H groups in total. The van der Waals surface area contributed by atoms with E-state index < -0.39 is 0 Å². The summed E-state index contributed by atoms with van der Waals surface area (Å²) in [6, 6.07) is 16.2. The highest BCUT2D eigenvalue weighted by atomic mass is 35.5. The first kappa shape index (κ1) is 26.1. The minimum Gasteiger partial charge on any atom is -0.492 e. The lowest BCUT2D eigenvalue weighted by molar-refractivity contribution is 0.138. The van der Waals surface area contributed by atoms with Crippen LogP contribution in [0.2, 0.25) is 0 Å². The summed E-state index contributed by atoms with van der Waals surface area (Å²) >= 11 is 0. The van der Waals surface area contributed by atoms with Gasteiger partial charge in [-0.3, -0.25) is 4.90 Å². The number of halogens is 1. The zero-order chi connectivity index (χ0) is 23.7. The summed E-state index contributed by atoms with van der Waals surface area (Å²) in [5.74, 6) is 1.39. The Hall–Kier alpha value is -2.97. The van der Waals surface area contributed by atoms with Gasteiger partial charge in [-0.25, -0.2) is 9.97 Å². The van der Waals surface area contributed by atoms with Crippen molar-refractivity contribution < 1.29 is 14.2 Å². The zero-order valence-electron chi connectivity index (χ0n) is 20.4. The number of anilines is 2. The average Bonchev–Trinajstić information content (AvgIpc) is 3.40. The second kappa shape index (κ2) is 13.4. The van der Waals surface area contributed by atoms with E-state index in [-0.39, 0.29) is 12.4 Å². The summed E-state index contributed by atoms with van der Waals surface area (Å²) in [6.45, 7) is 5.99. The van der Waals surface area contributed by atoms with Crippen molar-refractivity contribution in [2.45, 2.75) is 26.1 Å². The summed E-state index contributed by atoms with van der Waals surface area (Å²) in [5.41, 5.74) is 4.88. The predicted octanol–water partition coefficient (Wildman–Crippen LogP) is 5.39. The Bertz CT molecular complexity index is 1150. The molecule has 36 heavy (non-hydrogen) atoms. The molecule has 0 radical (unpaired) electrons. The lowest BCUT2D eigenvalue weighted by Gasteiger charge is -2.17. The second-order valence-electron chi connectivity index (χ2n) is 8.81. The monoisotopic (exact) mass is 508 g/mol. The van der Waals surface area contributed by atoms with Crippen molar-refractivity contribution in [3.8, 4) is 17.0 Å². The molecule has 190 valence electrons. The average molecular weight is 509 g/mol. The largest absolute Gasteiger partial charge is 0.492 e. The van der Waals surface area contributed by atoms with Crippen molar-refractivity contribution in [2.24, 2.45) is 0 Å². The Morgan fingerprint density at radius 3 is 2.64 bits per heavy atom. The fourth-order valence-corrected chi connectivity index (χ4v) is 4.35. The van der Waals surface area contributed by atoms with E-state index in [0.29, 0.717) is 39.0 Å². The van der Waals surface area contributed by atoms with Crippen molar-refractivity contribution in [2.75, 3.05) is 44.8 Å². The van der Waals surface area contributed by atoms with E-state index in [4.69, 9.17) is 19.2 Å². The van der Waals surface area contributed by atoms with Crippen LogP contribution in [0.5, 0.6) is 5.75 Å². The van der Waals surface area contributed by atoms with Crippen LogP contribution >= 0.6 is 12.4 Å². The number of rotatable bonds is 4. The number of aromatic nitrogens is 2. The molecule has 0 atom stereocenters. The number of hydrogen-bond donors (Lipinski definition) is 1. The third kappa shape index (κ3) is 7.27. The molecule has 6 bridgehead atoms. The minimum absolute atomic E-state index is 0. The van der Waals surface area contributed by atoms with Gasteiger partial charge in [-0.1, -0.05) is 30.4 Å². The van der Waals surface area contributed by atoms with E-state index in [1.165, 1.54) is 25.9 Å². The third-order valence-corrected chi connectivity index (χ3v) is 6.18. The van der Waals surface area contributed by atoms with Gasteiger partial charge >= 0.3 is 0 Å². The number of benzene rings is 2. The Labute approximate surface area is 218 Å². The molecule has 7 nitrogen and oxygen atoms in total. The van der Waals surface area contributed by atoms with Crippen molar-refractivity contribution in [1.29, 1.82) is 0 Å². The summed E-state index contributed by atoms with van der Waals surface area (Å²) in [6.07, 6.45) is 8.33. The number of ether oxygens (including phenoxy) is 3. The molecule has 3 aromatic rings. The van der Waals surface area contributed by atoms with Gasteiger partial charge in [0.2, 0.25) is 5.95 Å². The van der Waals surface area contributed by atoms with Crippen LogP contribution in [0.4, 0.5) is 11.6 Å². The van der Waals surface area contributed by atoms with Gasteiger partial charge in [0.15, 0.2) is 0 Å². The van der Waals surface area contributed by atoms with E-state index in [1.54, 1.807) is 6.20 Å². The van der Waals surface area contributed by atoms with Crippen LogP contribution in [0.15, 0.2) is 66.9 Å². The Morgan fingerprint density at radius 1 is 0.944 bits per heavy atom. The molecule has 1 saturated heterocycles. The van der Waals surface area contributed by atoms with Crippen molar-refractivity contribution in [3.63, 3.8) is 0 Å². The van der Waals surface area contributed by atoms with Crippen LogP contribution < -0.4 is 10.1 Å². The van der Waals surface area contributed by atoms with E-state index in [1.807, 2.05) is 36.4 Å². The van der Waals surface area contributed by atoms with Crippen molar-refractivity contribution >= 4 is 24.0 Å². The summed E-state index contributed by atoms with van der Waals surface area (Å²) in [7, 11) is 0. The highest BCUT2D eigenvalue weighted by Crippen LogP contribution is 2.26. The lowest BCUT2D eigenvalue weighted by Crippen LogP contribution is -2.25. The maximum Gasteiger partial charge on any atom is 0.227 e. The second-order valence-corrected chi connectivity index (χ2v) is 8.81. The maximum absolute atomic E-state index is 6.16. The standard InChI is InChI=1S/C28H32N4O3.ClH/c1-2-13-32(12-1)14-17-35-27-9-8-25-19-24(27)21-34-16-4-3-15-33-20-22-6-5-7-23(18-22)26-10-11-29-28(30-25)31-26;/h3-11,18-19H,1-2,12-17,20-21H2,(H,29,30,31);1H/b4-3-;. The number of fused-ring (bicyclic) bond motifs is 7. The third-order valence-electron chi connectivity index (χ3n) is 6.18. The maximum atomic E-state index is 6.16. The molecule has 0 aliphatic carbocycles. The Balaban J connectivity index is 0.00000304. The van der Waals surface area contributed by atoms with Crippen LogP contribution in [0.25, 0.3) is 11.3 Å². The molecule has 1 fully saturated rings. The van der Waals surface area contributed by atoms with Crippen molar-refractivity contribution in [1.82, 2.24) is 14.9 Å². The minimum atomic E-state index is 0. The van der Waals surface area contributed by atoms with E-state index in [9.17, 15) is 0 Å². The molecular weight excluding hydrogens is 476 g/mol. The van der Waals surface area contributed by atoms with Gasteiger partial charge in [-0.15, -0.1) is 12.4 Å². The molecule has 8 heteroatoms. The summed E-state index contributed by atoms with van der Waals surface area (Å²) < 4.78 is 17.9. The number of hydrogen-bond acceptors (Lipinski definition) is 7. The highest BCUT2D eigenvalue weighted by Gasteiger charge is 2.13. The first-order valence-corrected chi connectivity index (χ1v) is 12.3. The summed E-state index contributed by atoms with van der Waals surface area (Å²) in [5, 5.41) is 3.34. The molecule has 0 unspecified atom stereocenters. The van der Waals surface area contributed by atoms with Crippen LogP contribution in [-0.4, -0.2) is 54.3 Å². The fraction of sp³-hybridized carbons (Fsp3) is 0.357. The van der Waals surface area contributed by atoms with Crippen LogP contribution in [0.3, 0.4) is 0 Å². The first-order valence-electron chi connectivity index (χ1n) is 12.3. The van der Waals surface area contributed by atoms with E-state index >= 15 is 0 Å². The number of nitrogens with one attached hydrogen (secondary N) is 1. The number of likely N-dealkylation sites (tertiary alicyclic amines) is 1. The molecule has 0 spiro atoms. The molecule has 2 aliphatic rings. The lowest BCUT2D eigenvalue weighted by atomic mass is 10.1. The zero-order valence-corrected chi connectivity index (χ0v) is 21.2. The molecule has 0 amide bonds. The van der Waals surface area contributed by atoms with Crippen LogP contribution in [-0.2, 0) is 22.7 Å². The van der Waals surface area contributed by atoms with Gasteiger partial charge in [0.25, 0.3) is 0 Å². The number of nitrogens with zero attached hydrogens (tertiary/aromatic N) is 3. The molecule has 2 aliphatic heterocycles. The highest BCUT2D eigenvalue weighted by molar-refractivity contribution is 5.85. The van der Waals surface area contributed by atoms with E-state index in [2.05, 4.69) is 39.5 Å². The molecule has 1 aromatic heterocycles. The topological polar surface area (TPSA) is 68.7 Å². The molecule has 3 heterocycles. The van der Waals surface area contributed by atoms with Gasteiger partial charge in [0.1, 0.15) is 12.4 Å². The molecule has 2 aromatic carbocycles. The van der Waals surface area contributed by atoms with Gasteiger partial charge in [-0.2, -0.15) is 0 Å². The Kier molecular flexibility index (Phi) is 9.69. The summed E-state index contributed by atoms with van der Waals surface area (Å²) in [4.78, 5) is 11.6. The Morgan fingerprint density at radius 2 is 1.78 bits per heavy atom. The van der Waals surface area contributed by atoms with Gasteiger partial charge < -0.3 is 19.5 Å². The van der Waals surface area contributed by atoms with Crippen LogP contribution in [0, 0.1) is 0 Å². The molecule has 0 saturated carbocycles. The first-order chi connectivity index (χ1) is 17.3. The fourth-order valence-electron chi connectivity index (χ4n) is 4.35. The van der Waals surface area contributed by atoms with E-state index in [0.717, 1.165) is 40.4 Å². The van der Waals surface area contributed by atoms with Gasteiger partial charge in [-0.05, 0) is 61.8 Å². The SMILES string of the molecule is C1=C\COCc2cc(ccc2OCCN2CCCC2)Nc2nccc(n2)-c2cccc(c2)COC/1.Cl. The molecular formula is C28H33ClN4O3. The van der Waals surface area contributed by atoms with Crippen LogP contribution in [0.1, 0.15) is 24.0 Å². The molecule has 5 rings (SSSR count). The normalized spacial score (nSPS) is 17.2. The predicted molar refractivity (Wildman–Crippen MR) is 144 cm³/mol. The smallest absolute Gasteiger partial charge is 0.227 e. The van der Waals surface area contributed by atoms with Gasteiger partial charge in [0, 0.05) is 29.6 Å². The van der Waals surface area contributed by atoms with Crippen molar-refractivity contribution in [3.05, 3.63) is 78.0 Å².